The minimum atomic E-state index is -0.456. The molecule has 0 spiro atoms. The molecule has 0 unspecified atom stereocenters. The molecule has 6 heteroatoms. The van der Waals surface area contributed by atoms with Crippen molar-refractivity contribution in [2.24, 2.45) is 0 Å². The van der Waals surface area contributed by atoms with E-state index in [2.05, 4.69) is 10.2 Å². The van der Waals surface area contributed by atoms with Gasteiger partial charge in [0.1, 0.15) is 5.82 Å². The average molecular weight is 228 g/mol. The number of benzene rings is 1. The lowest BCUT2D eigenvalue weighted by molar-refractivity contribution is 0.112. The van der Waals surface area contributed by atoms with Crippen LogP contribution >= 0.6 is 12.4 Å². The summed E-state index contributed by atoms with van der Waals surface area (Å²) in [4.78, 5) is 11.9. The number of nitrogens with zero attached hydrogens (tertiary/aromatic N) is 3. The predicted molar refractivity (Wildman–Crippen MR) is 54.0 cm³/mol. The lowest BCUT2D eigenvalue weighted by Gasteiger charge is -2.02. The quantitative estimate of drug-likeness (QED) is 0.733. The summed E-state index contributed by atoms with van der Waals surface area (Å²) in [5.74, 6) is -0.456. The van der Waals surface area contributed by atoms with E-state index in [0.29, 0.717) is 12.0 Å². The van der Waals surface area contributed by atoms with Gasteiger partial charge < -0.3 is 0 Å². The maximum atomic E-state index is 12.8. The van der Waals surface area contributed by atoms with Gasteiger partial charge in [-0.2, -0.15) is 15.0 Å². The van der Waals surface area contributed by atoms with Gasteiger partial charge in [0.05, 0.1) is 18.1 Å². The number of carbonyl (C=O) groups excluding carboxylic acids is 1. The first-order chi connectivity index (χ1) is 6.81. The Balaban J connectivity index is 0.00000112. The number of aldehydes is 1. The summed E-state index contributed by atoms with van der Waals surface area (Å²) in [5, 5.41) is 7.70. The molecule has 0 aliphatic heterocycles. The molecule has 1 heterocycles. The van der Waals surface area contributed by atoms with Gasteiger partial charge in [0, 0.05) is 5.56 Å². The molecule has 2 aromatic rings. The smallest absolute Gasteiger partial charge is 0.152 e. The number of hydrogen-bond acceptors (Lipinski definition) is 3. The number of rotatable bonds is 2. The molecule has 0 fully saturated rings. The van der Waals surface area contributed by atoms with Gasteiger partial charge in [-0.05, 0) is 18.2 Å². The number of carbonyl (C=O) groups is 1. The van der Waals surface area contributed by atoms with Crippen molar-refractivity contribution < 1.29 is 9.18 Å². The monoisotopic (exact) mass is 227 g/mol. The van der Waals surface area contributed by atoms with Crippen LogP contribution in [0.15, 0.2) is 30.6 Å². The third-order valence-electron chi connectivity index (χ3n) is 1.75. The highest BCUT2D eigenvalue weighted by Gasteiger charge is 2.05. The molecular formula is C9H7ClFN3O. The van der Waals surface area contributed by atoms with Gasteiger partial charge in [0.2, 0.25) is 0 Å². The SMILES string of the molecule is Cl.O=Cc1cc(F)ccc1-n1nccn1. The molecule has 0 radical (unpaired) electrons. The molecule has 0 saturated carbocycles. The molecule has 4 nitrogen and oxygen atoms in total. The molecule has 0 N–H and O–H groups in total. The summed E-state index contributed by atoms with van der Waals surface area (Å²) in [6.45, 7) is 0. The van der Waals surface area contributed by atoms with Gasteiger partial charge in [-0.15, -0.1) is 12.4 Å². The lowest BCUT2D eigenvalue weighted by atomic mass is 10.2. The Morgan fingerprint density at radius 3 is 2.53 bits per heavy atom. The average Bonchev–Trinajstić information content (AvgIpc) is 2.70. The van der Waals surface area contributed by atoms with Crippen molar-refractivity contribution in [2.45, 2.75) is 0 Å². The van der Waals surface area contributed by atoms with Gasteiger partial charge in [0.25, 0.3) is 0 Å². The number of aromatic nitrogens is 3. The Kier molecular flexibility index (Phi) is 3.51. The Morgan fingerprint density at radius 2 is 1.93 bits per heavy atom. The molecule has 1 aromatic heterocycles. The fourth-order valence-corrected chi connectivity index (χ4v) is 1.14. The van der Waals surface area contributed by atoms with Crippen LogP contribution < -0.4 is 0 Å². The van der Waals surface area contributed by atoms with E-state index in [-0.39, 0.29) is 18.0 Å². The zero-order valence-electron chi connectivity index (χ0n) is 7.50. The van der Waals surface area contributed by atoms with Crippen molar-refractivity contribution in [3.63, 3.8) is 0 Å². The van der Waals surface area contributed by atoms with E-state index in [4.69, 9.17) is 0 Å². The van der Waals surface area contributed by atoms with E-state index in [1.54, 1.807) is 0 Å². The molecule has 0 bridgehead atoms. The van der Waals surface area contributed by atoms with Crippen LogP contribution in [0.3, 0.4) is 0 Å². The third-order valence-corrected chi connectivity index (χ3v) is 1.75. The summed E-state index contributed by atoms with van der Waals surface area (Å²) < 4.78 is 12.8. The van der Waals surface area contributed by atoms with Crippen LogP contribution in [-0.4, -0.2) is 21.3 Å². The second-order valence-corrected chi connectivity index (χ2v) is 2.64. The summed E-state index contributed by atoms with van der Waals surface area (Å²) in [6.07, 6.45) is 3.54. The molecule has 0 aliphatic carbocycles. The largest absolute Gasteiger partial charge is 0.298 e. The minimum Gasteiger partial charge on any atom is -0.298 e. The number of halogens is 2. The van der Waals surface area contributed by atoms with Crippen LogP contribution in [0.1, 0.15) is 10.4 Å². The first-order valence-corrected chi connectivity index (χ1v) is 3.92. The normalized spacial score (nSPS) is 9.40. The second kappa shape index (κ2) is 4.65. The Hall–Kier alpha value is -1.75. The molecule has 2 rings (SSSR count). The van der Waals surface area contributed by atoms with E-state index in [0.717, 1.165) is 6.07 Å². The molecule has 0 atom stereocenters. The van der Waals surface area contributed by atoms with Crippen molar-refractivity contribution in [3.05, 3.63) is 42.0 Å². The summed E-state index contributed by atoms with van der Waals surface area (Å²) >= 11 is 0. The van der Waals surface area contributed by atoms with E-state index >= 15 is 0 Å². The van der Waals surface area contributed by atoms with Crippen molar-refractivity contribution in [1.82, 2.24) is 15.0 Å². The third kappa shape index (κ3) is 2.19. The fourth-order valence-electron chi connectivity index (χ4n) is 1.14. The first kappa shape index (κ1) is 11.3. The van der Waals surface area contributed by atoms with Crippen LogP contribution in [0.25, 0.3) is 5.69 Å². The van der Waals surface area contributed by atoms with E-state index in [9.17, 15) is 9.18 Å². The highest BCUT2D eigenvalue weighted by atomic mass is 35.5. The van der Waals surface area contributed by atoms with Crippen molar-refractivity contribution in [3.8, 4) is 5.69 Å². The van der Waals surface area contributed by atoms with E-state index in [1.165, 1.54) is 29.3 Å². The van der Waals surface area contributed by atoms with Gasteiger partial charge in [-0.1, -0.05) is 0 Å². The Bertz CT molecular complexity index is 458. The molecular weight excluding hydrogens is 221 g/mol. The van der Waals surface area contributed by atoms with Gasteiger partial charge in [-0.3, -0.25) is 4.79 Å². The Morgan fingerprint density at radius 1 is 1.27 bits per heavy atom. The maximum absolute atomic E-state index is 12.8. The van der Waals surface area contributed by atoms with Gasteiger partial charge in [0.15, 0.2) is 6.29 Å². The molecule has 0 aliphatic rings. The van der Waals surface area contributed by atoms with Crippen LogP contribution in [0, 0.1) is 5.82 Å². The van der Waals surface area contributed by atoms with E-state index in [1.807, 2.05) is 0 Å². The maximum Gasteiger partial charge on any atom is 0.152 e. The summed E-state index contributed by atoms with van der Waals surface area (Å²) in [7, 11) is 0. The zero-order chi connectivity index (χ0) is 9.97. The van der Waals surface area contributed by atoms with Crippen molar-refractivity contribution in [1.29, 1.82) is 0 Å². The highest BCUT2D eigenvalue weighted by Crippen LogP contribution is 2.11. The molecule has 0 amide bonds. The minimum absolute atomic E-state index is 0. The van der Waals surface area contributed by atoms with Gasteiger partial charge >= 0.3 is 0 Å². The second-order valence-electron chi connectivity index (χ2n) is 2.64. The molecule has 78 valence electrons. The highest BCUT2D eigenvalue weighted by molar-refractivity contribution is 5.85. The summed E-state index contributed by atoms with van der Waals surface area (Å²) in [5.41, 5.74) is 0.688. The van der Waals surface area contributed by atoms with Crippen LogP contribution in [0.4, 0.5) is 4.39 Å². The van der Waals surface area contributed by atoms with Crippen molar-refractivity contribution in [2.75, 3.05) is 0 Å². The molecule has 15 heavy (non-hydrogen) atoms. The standard InChI is InChI=1S/C9H6FN3O.ClH/c10-8-1-2-9(7(5-8)6-14)13-11-3-4-12-13;/h1-6H;1H. The Labute approximate surface area is 91.1 Å². The summed E-state index contributed by atoms with van der Waals surface area (Å²) in [6, 6.07) is 3.86. The molecule has 0 saturated heterocycles. The topological polar surface area (TPSA) is 47.8 Å². The zero-order valence-corrected chi connectivity index (χ0v) is 8.32. The fraction of sp³-hybridized carbons (Fsp3) is 0. The first-order valence-electron chi connectivity index (χ1n) is 3.92. The van der Waals surface area contributed by atoms with Crippen LogP contribution in [-0.2, 0) is 0 Å². The van der Waals surface area contributed by atoms with E-state index < -0.39 is 5.82 Å². The number of hydrogen-bond donors (Lipinski definition) is 0. The van der Waals surface area contributed by atoms with Crippen molar-refractivity contribution >= 4 is 18.7 Å². The van der Waals surface area contributed by atoms with Crippen LogP contribution in [0.5, 0.6) is 0 Å². The van der Waals surface area contributed by atoms with Gasteiger partial charge in [-0.25, -0.2) is 4.39 Å². The molecule has 1 aromatic carbocycles. The van der Waals surface area contributed by atoms with Crippen LogP contribution in [0.2, 0.25) is 0 Å². The predicted octanol–water partition coefficient (Wildman–Crippen LogP) is 1.64. The lowest BCUT2D eigenvalue weighted by Crippen LogP contribution is -2.02.